The molecular formula is C16H27NO. The van der Waals surface area contributed by atoms with Crippen LogP contribution in [0.4, 0.5) is 0 Å². The second-order valence-corrected chi connectivity index (χ2v) is 6.00. The molecule has 0 aromatic rings. The van der Waals surface area contributed by atoms with Gasteiger partial charge < -0.3 is 5.21 Å². The summed E-state index contributed by atoms with van der Waals surface area (Å²) >= 11 is 0. The lowest BCUT2D eigenvalue weighted by atomic mass is 9.96. The fourth-order valence-corrected chi connectivity index (χ4v) is 3.49. The number of rotatable bonds is 0. The molecule has 1 atom stereocenters. The molecule has 2 heteroatoms. The minimum atomic E-state index is 0.435. The van der Waals surface area contributed by atoms with Crippen LogP contribution in [0.25, 0.3) is 0 Å². The molecule has 0 saturated carbocycles. The first-order valence-electron chi connectivity index (χ1n) is 7.76. The average Bonchev–Trinajstić information content (AvgIpc) is 2.65. The Balaban J connectivity index is 2.06. The maximum absolute atomic E-state index is 9.22. The Hall–Kier alpha value is -0.790. The molecule has 102 valence electrons. The lowest BCUT2D eigenvalue weighted by molar-refractivity contribution is 0.316. The van der Waals surface area contributed by atoms with Gasteiger partial charge in [-0.3, -0.25) is 0 Å². The highest BCUT2D eigenvalue weighted by Gasteiger charge is 2.27. The smallest absolute Gasteiger partial charge is 0.0858 e. The van der Waals surface area contributed by atoms with E-state index in [4.69, 9.17) is 0 Å². The Morgan fingerprint density at radius 3 is 2.06 bits per heavy atom. The van der Waals surface area contributed by atoms with E-state index in [-0.39, 0.29) is 0 Å². The second-order valence-electron chi connectivity index (χ2n) is 6.00. The number of hydrogen-bond acceptors (Lipinski definition) is 2. The highest BCUT2D eigenvalue weighted by molar-refractivity contribution is 6.04. The fourth-order valence-electron chi connectivity index (χ4n) is 3.49. The summed E-state index contributed by atoms with van der Waals surface area (Å²) in [6.07, 6.45) is 14.4. The molecule has 2 aliphatic rings. The van der Waals surface area contributed by atoms with Crippen LogP contribution in [0.2, 0.25) is 0 Å². The topological polar surface area (TPSA) is 32.6 Å². The Kier molecular flexibility index (Phi) is 5.27. The minimum absolute atomic E-state index is 0.435. The molecule has 0 saturated heterocycles. The van der Waals surface area contributed by atoms with Crippen molar-refractivity contribution in [2.24, 2.45) is 11.1 Å². The van der Waals surface area contributed by atoms with E-state index < -0.39 is 0 Å². The largest absolute Gasteiger partial charge is 0.411 e. The molecule has 0 fully saturated rings. The third-order valence-corrected chi connectivity index (χ3v) is 4.52. The van der Waals surface area contributed by atoms with Gasteiger partial charge in [0.15, 0.2) is 0 Å². The normalized spacial score (nSPS) is 29.8. The van der Waals surface area contributed by atoms with Crippen molar-refractivity contribution >= 4 is 5.71 Å². The van der Waals surface area contributed by atoms with Crippen LogP contribution in [-0.2, 0) is 0 Å². The monoisotopic (exact) mass is 249 g/mol. The fraction of sp³-hybridized carbons (Fsp3) is 0.812. The average molecular weight is 249 g/mol. The van der Waals surface area contributed by atoms with E-state index in [1.54, 1.807) is 5.57 Å². The Bertz CT molecular complexity index is 330. The van der Waals surface area contributed by atoms with Crippen LogP contribution in [0.5, 0.6) is 0 Å². The number of oxime groups is 1. The van der Waals surface area contributed by atoms with E-state index in [1.165, 1.54) is 63.4 Å². The molecule has 0 bridgehead atoms. The molecule has 1 N–H and O–H groups in total. The highest BCUT2D eigenvalue weighted by atomic mass is 16.4. The lowest BCUT2D eigenvalue weighted by Crippen LogP contribution is -2.07. The van der Waals surface area contributed by atoms with Crippen molar-refractivity contribution in [1.29, 1.82) is 0 Å². The quantitative estimate of drug-likeness (QED) is 0.472. The molecular weight excluding hydrogens is 222 g/mol. The third kappa shape index (κ3) is 3.37. The van der Waals surface area contributed by atoms with Gasteiger partial charge in [-0.2, -0.15) is 0 Å². The Morgan fingerprint density at radius 2 is 1.44 bits per heavy atom. The van der Waals surface area contributed by atoms with Gasteiger partial charge in [0.1, 0.15) is 0 Å². The van der Waals surface area contributed by atoms with Crippen LogP contribution < -0.4 is 0 Å². The Labute approximate surface area is 111 Å². The van der Waals surface area contributed by atoms with Crippen LogP contribution >= 0.6 is 0 Å². The van der Waals surface area contributed by atoms with Crippen molar-refractivity contribution in [3.05, 3.63) is 11.1 Å². The maximum Gasteiger partial charge on any atom is 0.0858 e. The molecule has 2 aliphatic carbocycles. The van der Waals surface area contributed by atoms with Crippen molar-refractivity contribution in [2.75, 3.05) is 0 Å². The number of allylic oxidation sites excluding steroid dienone is 2. The highest BCUT2D eigenvalue weighted by Crippen LogP contribution is 2.35. The first-order chi connectivity index (χ1) is 8.83. The predicted octanol–water partition coefficient (Wildman–Crippen LogP) is 5.07. The molecule has 0 heterocycles. The predicted molar refractivity (Wildman–Crippen MR) is 76.2 cm³/mol. The van der Waals surface area contributed by atoms with Gasteiger partial charge in [-0.05, 0) is 37.7 Å². The molecule has 18 heavy (non-hydrogen) atoms. The second kappa shape index (κ2) is 6.96. The summed E-state index contributed by atoms with van der Waals surface area (Å²) in [5.74, 6) is 0.435. The summed E-state index contributed by atoms with van der Waals surface area (Å²) in [7, 11) is 0. The van der Waals surface area contributed by atoms with E-state index >= 15 is 0 Å². The van der Waals surface area contributed by atoms with Gasteiger partial charge >= 0.3 is 0 Å². The van der Waals surface area contributed by atoms with Gasteiger partial charge in [-0.25, -0.2) is 0 Å². The summed E-state index contributed by atoms with van der Waals surface area (Å²) in [6, 6.07) is 0. The van der Waals surface area contributed by atoms with Gasteiger partial charge in [0.25, 0.3) is 0 Å². The molecule has 0 aromatic carbocycles. The van der Waals surface area contributed by atoms with Gasteiger partial charge in [0.2, 0.25) is 0 Å². The summed E-state index contributed by atoms with van der Waals surface area (Å²) in [5.41, 5.74) is 3.99. The van der Waals surface area contributed by atoms with Crippen LogP contribution in [0.15, 0.2) is 16.3 Å². The Morgan fingerprint density at radius 1 is 0.889 bits per heavy atom. The van der Waals surface area contributed by atoms with Crippen LogP contribution in [0, 0.1) is 5.92 Å². The van der Waals surface area contributed by atoms with E-state index in [0.29, 0.717) is 5.92 Å². The molecule has 0 spiro atoms. The van der Waals surface area contributed by atoms with E-state index in [9.17, 15) is 5.21 Å². The zero-order valence-corrected chi connectivity index (χ0v) is 11.7. The van der Waals surface area contributed by atoms with E-state index in [0.717, 1.165) is 18.6 Å². The molecule has 2 nitrogen and oxygen atoms in total. The zero-order chi connectivity index (χ0) is 12.8. The standard InChI is InChI=1S/C16H27NO/c1-13-12-14-10-8-6-4-2-3-5-7-9-11-15(14)16(13)17-18/h13,18H,2-12H2,1H3/b17-16+. The van der Waals surface area contributed by atoms with Gasteiger partial charge in [-0.15, -0.1) is 0 Å². The summed E-state index contributed by atoms with van der Waals surface area (Å²) in [6.45, 7) is 2.19. The molecule has 1 unspecified atom stereocenters. The molecule has 0 aliphatic heterocycles. The van der Waals surface area contributed by atoms with Gasteiger partial charge in [0, 0.05) is 5.92 Å². The molecule has 0 amide bonds. The minimum Gasteiger partial charge on any atom is -0.411 e. The van der Waals surface area contributed by atoms with Crippen LogP contribution in [0.3, 0.4) is 0 Å². The van der Waals surface area contributed by atoms with Crippen LogP contribution in [0.1, 0.15) is 77.6 Å². The van der Waals surface area contributed by atoms with E-state index in [1.807, 2.05) is 0 Å². The summed E-state index contributed by atoms with van der Waals surface area (Å²) in [5, 5.41) is 12.8. The van der Waals surface area contributed by atoms with Crippen molar-refractivity contribution < 1.29 is 5.21 Å². The first-order valence-corrected chi connectivity index (χ1v) is 7.76. The lowest BCUT2D eigenvalue weighted by Gasteiger charge is -2.10. The first kappa shape index (κ1) is 13.6. The van der Waals surface area contributed by atoms with Crippen molar-refractivity contribution in [1.82, 2.24) is 0 Å². The summed E-state index contributed by atoms with van der Waals surface area (Å²) in [4.78, 5) is 0. The van der Waals surface area contributed by atoms with Crippen molar-refractivity contribution in [2.45, 2.75) is 77.6 Å². The number of hydrogen-bond donors (Lipinski definition) is 1. The molecule has 0 aromatic heterocycles. The van der Waals surface area contributed by atoms with E-state index in [2.05, 4.69) is 12.1 Å². The molecule has 0 radical (unpaired) electrons. The number of nitrogens with zero attached hydrogens (tertiary/aromatic N) is 1. The molecule has 2 rings (SSSR count). The van der Waals surface area contributed by atoms with Crippen molar-refractivity contribution in [3.63, 3.8) is 0 Å². The maximum atomic E-state index is 9.22. The van der Waals surface area contributed by atoms with Crippen LogP contribution in [-0.4, -0.2) is 10.9 Å². The summed E-state index contributed by atoms with van der Waals surface area (Å²) < 4.78 is 0. The van der Waals surface area contributed by atoms with Crippen molar-refractivity contribution in [3.8, 4) is 0 Å². The van der Waals surface area contributed by atoms with Gasteiger partial charge in [-0.1, -0.05) is 56.2 Å². The SMILES string of the molecule is CC1CC2=C(CCCCCCCCCC2)/C1=N/O. The van der Waals surface area contributed by atoms with Gasteiger partial charge in [0.05, 0.1) is 5.71 Å². The third-order valence-electron chi connectivity index (χ3n) is 4.52. The zero-order valence-electron chi connectivity index (χ0n) is 11.7.